The summed E-state index contributed by atoms with van der Waals surface area (Å²) >= 11 is 0. The third kappa shape index (κ3) is 5.31. The molecule has 3 aliphatic heterocycles. The van der Waals surface area contributed by atoms with Gasteiger partial charge >= 0.3 is 0 Å². The minimum absolute atomic E-state index is 0.0397. The molecule has 4 unspecified atom stereocenters. The minimum atomic E-state index is -5.34. The number of aromatic nitrogens is 8. The minimum Gasteiger partial charge on any atom is -0.756 e. The van der Waals surface area contributed by atoms with E-state index < -0.39 is 89.1 Å². The van der Waals surface area contributed by atoms with Gasteiger partial charge in [0.25, 0.3) is 26.8 Å². The molecule has 23 nitrogen and oxygen atoms in total. The molecule has 0 aromatic carbocycles. The van der Waals surface area contributed by atoms with Gasteiger partial charge in [-0.25, -0.2) is 15.0 Å². The molecule has 0 amide bonds. The number of nitrogens with two attached hydrogens (primary N) is 1. The Morgan fingerprint density at radius 3 is 1.91 bits per heavy atom. The van der Waals surface area contributed by atoms with Crippen molar-refractivity contribution in [1.82, 2.24) is 39.0 Å². The van der Waals surface area contributed by atoms with Crippen molar-refractivity contribution in [1.29, 1.82) is 0 Å². The Kier molecular flexibility index (Phi) is 7.27. The number of aliphatic hydroxyl groups is 2. The SMILES string of the molecule is Nc1nc2c(ncn2[C@@H]2O[C@H]3COP(=O)([O-])O[C@@H]4C(O)[C@H](n5cnc6c(=O)[nH]cnc65)O[C@@H]4COP(=O)([O-])O[C@@H]3C2O)c(=O)[nH]1. The number of nitrogens with zero attached hydrogens (tertiary/aromatic N) is 6. The van der Waals surface area contributed by atoms with E-state index in [1.54, 1.807) is 0 Å². The number of fused-ring (bicyclic) bond motifs is 4. The van der Waals surface area contributed by atoms with Gasteiger partial charge in [-0.3, -0.25) is 32.8 Å². The molecule has 3 aliphatic rings. The number of aliphatic hydroxyl groups excluding tert-OH is 2. The fourth-order valence-corrected chi connectivity index (χ4v) is 7.19. The molecule has 242 valence electrons. The van der Waals surface area contributed by atoms with Gasteiger partial charge in [0.1, 0.15) is 36.6 Å². The van der Waals surface area contributed by atoms with Crippen molar-refractivity contribution >= 4 is 43.9 Å². The topological polar surface area (TPSA) is 329 Å². The van der Waals surface area contributed by atoms with E-state index in [0.29, 0.717) is 0 Å². The lowest BCUT2D eigenvalue weighted by Gasteiger charge is -2.34. The lowest BCUT2D eigenvalue weighted by atomic mass is 10.1. The van der Waals surface area contributed by atoms with E-state index in [1.807, 2.05) is 0 Å². The Labute approximate surface area is 247 Å². The molecule has 0 saturated carbocycles. The summed E-state index contributed by atoms with van der Waals surface area (Å²) in [7, 11) is -10.7. The molecule has 25 heteroatoms. The Bertz CT molecular complexity index is 2000. The molecule has 0 bridgehead atoms. The molecule has 7 rings (SSSR count). The quantitative estimate of drug-likeness (QED) is 0.127. The number of H-pyrrole nitrogens is 2. The summed E-state index contributed by atoms with van der Waals surface area (Å²) in [5.74, 6) is -0.293. The Hall–Kier alpha value is -3.44. The highest BCUT2D eigenvalue weighted by Gasteiger charge is 2.51. The first-order chi connectivity index (χ1) is 21.3. The van der Waals surface area contributed by atoms with Crippen LogP contribution in [0.4, 0.5) is 5.95 Å². The van der Waals surface area contributed by atoms with Crippen molar-refractivity contribution in [3.05, 3.63) is 39.7 Å². The molecule has 45 heavy (non-hydrogen) atoms. The summed E-state index contributed by atoms with van der Waals surface area (Å²) in [5, 5.41) is 22.1. The Morgan fingerprint density at radius 2 is 1.36 bits per heavy atom. The summed E-state index contributed by atoms with van der Waals surface area (Å²) in [4.78, 5) is 70.4. The molecule has 3 fully saturated rings. The van der Waals surface area contributed by atoms with Crippen LogP contribution in [0.25, 0.3) is 22.3 Å². The average molecular weight is 673 g/mol. The molecule has 7 heterocycles. The largest absolute Gasteiger partial charge is 0.756 e. The maximum absolute atomic E-state index is 12.9. The molecule has 0 spiro atoms. The standard InChI is InChI=1S/C20H23N9O14P2/c21-20-26-15-9(17(33)27-20)25-5-29(15)19-11(31)13-7(41-19)2-39-44(34,35)42-12-6(1-38-45(36,37)43-13)40-18(10(12)30)28-4-24-8-14(28)22-3-23-16(8)32/h3-7,10-13,18-19,30-31H,1-2H2,(H,34,35)(H,36,37)(H,22,23,32)(H3,21,26,27,33)/p-2/t6-,7+,10?,11?,12+,13+,18-,19-/m1/s1. The van der Waals surface area contributed by atoms with Crippen LogP contribution in [0.1, 0.15) is 12.5 Å². The second-order valence-corrected chi connectivity index (χ2v) is 12.8. The van der Waals surface area contributed by atoms with E-state index >= 15 is 0 Å². The summed E-state index contributed by atoms with van der Waals surface area (Å²) in [6.45, 7) is -1.88. The molecule has 10 atom stereocenters. The third-order valence-electron chi connectivity index (χ3n) is 7.28. The van der Waals surface area contributed by atoms with E-state index in [0.717, 1.165) is 28.1 Å². The van der Waals surface area contributed by atoms with Crippen LogP contribution >= 0.6 is 15.6 Å². The number of hydrogen-bond donors (Lipinski definition) is 5. The normalized spacial score (nSPS) is 37.7. The third-order valence-corrected chi connectivity index (χ3v) is 9.21. The van der Waals surface area contributed by atoms with Crippen molar-refractivity contribution in [3.63, 3.8) is 0 Å². The first-order valence-electron chi connectivity index (χ1n) is 12.9. The van der Waals surface area contributed by atoms with E-state index in [4.69, 9.17) is 33.3 Å². The summed E-state index contributed by atoms with van der Waals surface area (Å²) in [6.07, 6.45) is -10.2. The Balaban J connectivity index is 1.17. The molecule has 6 N–H and O–H groups in total. The second kappa shape index (κ2) is 10.8. The van der Waals surface area contributed by atoms with Crippen LogP contribution in [0, 0.1) is 0 Å². The zero-order chi connectivity index (χ0) is 31.8. The van der Waals surface area contributed by atoms with Crippen molar-refractivity contribution in [2.45, 2.75) is 49.1 Å². The number of ether oxygens (including phenoxy) is 2. The van der Waals surface area contributed by atoms with Gasteiger partial charge in [0.15, 0.2) is 34.8 Å². The first kappa shape index (κ1) is 30.2. The average Bonchev–Trinajstić information content (AvgIpc) is 3.72. The van der Waals surface area contributed by atoms with Crippen LogP contribution in [0.15, 0.2) is 28.6 Å². The monoisotopic (exact) mass is 673 g/mol. The number of rotatable bonds is 2. The van der Waals surface area contributed by atoms with Gasteiger partial charge in [0.2, 0.25) is 5.95 Å². The molecule has 0 aliphatic carbocycles. The summed E-state index contributed by atoms with van der Waals surface area (Å²) in [6, 6.07) is 0. The van der Waals surface area contributed by atoms with Gasteiger partial charge in [-0.2, -0.15) is 4.98 Å². The van der Waals surface area contributed by atoms with Crippen molar-refractivity contribution in [3.8, 4) is 0 Å². The maximum atomic E-state index is 12.9. The van der Waals surface area contributed by atoms with E-state index in [2.05, 4.69) is 29.9 Å². The molecule has 3 saturated heterocycles. The predicted molar refractivity (Wildman–Crippen MR) is 137 cm³/mol. The number of phosphoric ester groups is 2. The van der Waals surface area contributed by atoms with Crippen molar-refractivity contribution in [2.75, 3.05) is 18.9 Å². The zero-order valence-electron chi connectivity index (χ0n) is 22.2. The molecular formula is C20H21N9O14P2-2. The smallest absolute Gasteiger partial charge is 0.280 e. The van der Waals surface area contributed by atoms with Gasteiger partial charge in [-0.05, 0) is 0 Å². The summed E-state index contributed by atoms with van der Waals surface area (Å²) < 4.78 is 59.6. The lowest BCUT2D eigenvalue weighted by Crippen LogP contribution is -2.41. The maximum Gasteiger partial charge on any atom is 0.280 e. The van der Waals surface area contributed by atoms with Crippen LogP contribution in [0.3, 0.4) is 0 Å². The fourth-order valence-electron chi connectivity index (χ4n) is 5.29. The molecular weight excluding hydrogens is 652 g/mol. The molecule has 4 aromatic rings. The van der Waals surface area contributed by atoms with Crippen LogP contribution in [0.5, 0.6) is 0 Å². The van der Waals surface area contributed by atoms with E-state index in [9.17, 15) is 38.7 Å². The highest BCUT2D eigenvalue weighted by molar-refractivity contribution is 7.46. The molecule has 0 radical (unpaired) electrons. The fraction of sp³-hybridized carbons (Fsp3) is 0.500. The van der Waals surface area contributed by atoms with Gasteiger partial charge in [0.05, 0.1) is 32.2 Å². The highest BCUT2D eigenvalue weighted by Crippen LogP contribution is 2.50. The van der Waals surface area contributed by atoms with Gasteiger partial charge in [-0.15, -0.1) is 0 Å². The van der Waals surface area contributed by atoms with Crippen molar-refractivity contribution < 1.29 is 56.7 Å². The van der Waals surface area contributed by atoms with Gasteiger partial charge < -0.3 is 58.3 Å². The Morgan fingerprint density at radius 1 is 0.844 bits per heavy atom. The van der Waals surface area contributed by atoms with Crippen LogP contribution < -0.4 is 26.6 Å². The number of phosphoric acid groups is 2. The van der Waals surface area contributed by atoms with Crippen LogP contribution in [-0.2, 0) is 36.7 Å². The number of aromatic amines is 2. The second-order valence-electron chi connectivity index (χ2n) is 10.1. The van der Waals surface area contributed by atoms with Crippen LogP contribution in [-0.4, -0.2) is 99.1 Å². The van der Waals surface area contributed by atoms with Crippen LogP contribution in [0.2, 0.25) is 0 Å². The van der Waals surface area contributed by atoms with Gasteiger partial charge in [-0.1, -0.05) is 0 Å². The van der Waals surface area contributed by atoms with E-state index in [-0.39, 0.29) is 28.3 Å². The first-order valence-corrected chi connectivity index (χ1v) is 15.8. The zero-order valence-corrected chi connectivity index (χ0v) is 24.0. The highest BCUT2D eigenvalue weighted by atomic mass is 31.2. The predicted octanol–water partition coefficient (Wildman–Crippen LogP) is -3.89. The van der Waals surface area contributed by atoms with Crippen molar-refractivity contribution in [2.24, 2.45) is 0 Å². The number of imidazole rings is 2. The molecule has 4 aromatic heterocycles. The number of nitrogen functional groups attached to an aromatic ring is 1. The lowest BCUT2D eigenvalue weighted by molar-refractivity contribution is -0.244. The van der Waals surface area contributed by atoms with E-state index in [1.165, 1.54) is 0 Å². The summed E-state index contributed by atoms with van der Waals surface area (Å²) in [5.41, 5.74) is 3.81. The van der Waals surface area contributed by atoms with Gasteiger partial charge in [0, 0.05) is 0 Å². The number of nitrogens with one attached hydrogen (secondary N) is 2. The number of hydrogen-bond acceptors (Lipinski definition) is 19. The number of anilines is 1.